The number of carbonyl (C=O) groups excluding carboxylic acids is 1. The van der Waals surface area contributed by atoms with Gasteiger partial charge < -0.3 is 14.6 Å². The maximum atomic E-state index is 11.8. The summed E-state index contributed by atoms with van der Waals surface area (Å²) in [5.41, 5.74) is 0.725. The second kappa shape index (κ2) is 6.89. The lowest BCUT2D eigenvalue weighted by atomic mass is 10.2. The van der Waals surface area contributed by atoms with Gasteiger partial charge >= 0.3 is 0 Å². The average Bonchev–Trinajstić information content (AvgIpc) is 3.19. The quantitative estimate of drug-likeness (QED) is 0.913. The summed E-state index contributed by atoms with van der Waals surface area (Å²) in [6.07, 6.45) is 1.86. The minimum absolute atomic E-state index is 0.0802. The van der Waals surface area contributed by atoms with Crippen LogP contribution in [0.1, 0.15) is 18.7 Å². The van der Waals surface area contributed by atoms with E-state index < -0.39 is 0 Å². The highest BCUT2D eigenvalue weighted by molar-refractivity contribution is 6.33. The van der Waals surface area contributed by atoms with E-state index in [0.29, 0.717) is 36.3 Å². The highest BCUT2D eigenvalue weighted by Crippen LogP contribution is 2.24. The lowest BCUT2D eigenvalue weighted by Crippen LogP contribution is -2.35. The summed E-state index contributed by atoms with van der Waals surface area (Å²) in [5.74, 6) is 0.831. The van der Waals surface area contributed by atoms with Crippen molar-refractivity contribution in [1.29, 1.82) is 0 Å². The molecule has 2 heterocycles. The maximum Gasteiger partial charge on any atom is 0.249 e. The van der Waals surface area contributed by atoms with Gasteiger partial charge in [-0.05, 0) is 25.0 Å². The Morgan fingerprint density at radius 1 is 1.41 bits per heavy atom. The Hall–Kier alpha value is -1.92. The highest BCUT2D eigenvalue weighted by Gasteiger charge is 2.23. The third-order valence-electron chi connectivity index (χ3n) is 3.44. The van der Waals surface area contributed by atoms with Crippen LogP contribution in [0.15, 0.2) is 28.8 Å². The summed E-state index contributed by atoms with van der Waals surface area (Å²) in [4.78, 5) is 16.1. The third-order valence-corrected chi connectivity index (χ3v) is 3.77. The molecule has 0 radical (unpaired) electrons. The largest absolute Gasteiger partial charge is 0.368 e. The maximum absolute atomic E-state index is 11.8. The molecule has 1 amide bonds. The van der Waals surface area contributed by atoms with Gasteiger partial charge in [0.25, 0.3) is 0 Å². The fourth-order valence-electron chi connectivity index (χ4n) is 2.30. The molecular formula is C15H16ClN3O3. The summed E-state index contributed by atoms with van der Waals surface area (Å²) >= 11 is 6.09. The topological polar surface area (TPSA) is 77.3 Å². The number of rotatable bonds is 5. The van der Waals surface area contributed by atoms with E-state index in [1.165, 1.54) is 0 Å². The van der Waals surface area contributed by atoms with E-state index in [9.17, 15) is 4.79 Å². The number of hydrogen-bond acceptors (Lipinski definition) is 5. The third kappa shape index (κ3) is 3.45. The monoisotopic (exact) mass is 321 g/mol. The zero-order chi connectivity index (χ0) is 15.4. The van der Waals surface area contributed by atoms with Crippen molar-refractivity contribution in [3.05, 3.63) is 35.2 Å². The van der Waals surface area contributed by atoms with E-state index in [1.54, 1.807) is 6.07 Å². The molecule has 0 aliphatic carbocycles. The predicted molar refractivity (Wildman–Crippen MR) is 80.4 cm³/mol. The smallest absolute Gasteiger partial charge is 0.249 e. The van der Waals surface area contributed by atoms with Crippen molar-refractivity contribution in [2.45, 2.75) is 25.4 Å². The number of halogens is 1. The normalized spacial score (nSPS) is 17.6. The van der Waals surface area contributed by atoms with E-state index in [-0.39, 0.29) is 12.0 Å². The van der Waals surface area contributed by atoms with Gasteiger partial charge in [-0.1, -0.05) is 28.9 Å². The molecule has 0 bridgehead atoms. The lowest BCUT2D eigenvalue weighted by Gasteiger charge is -2.08. The minimum atomic E-state index is -0.318. The van der Waals surface area contributed by atoms with Crippen molar-refractivity contribution < 1.29 is 14.1 Å². The molecule has 1 aromatic carbocycles. The Kier molecular flexibility index (Phi) is 4.70. The first-order valence-corrected chi connectivity index (χ1v) is 7.58. The van der Waals surface area contributed by atoms with Gasteiger partial charge in [0.15, 0.2) is 0 Å². The number of nitrogens with one attached hydrogen (secondary N) is 1. The summed E-state index contributed by atoms with van der Waals surface area (Å²) in [6.45, 7) is 1.09. The summed E-state index contributed by atoms with van der Waals surface area (Å²) in [6, 6.07) is 7.30. The van der Waals surface area contributed by atoms with Crippen LogP contribution in [0.4, 0.5) is 0 Å². The molecule has 3 rings (SSSR count). The predicted octanol–water partition coefficient (Wildman–Crippen LogP) is 2.23. The molecule has 0 saturated carbocycles. The Morgan fingerprint density at radius 2 is 2.27 bits per heavy atom. The zero-order valence-corrected chi connectivity index (χ0v) is 12.7. The average molecular weight is 322 g/mol. The Labute approximate surface area is 132 Å². The number of benzene rings is 1. The fourth-order valence-corrected chi connectivity index (χ4v) is 2.52. The first-order chi connectivity index (χ1) is 10.7. The van der Waals surface area contributed by atoms with Gasteiger partial charge in [0, 0.05) is 25.1 Å². The number of aromatic nitrogens is 2. The SMILES string of the molecule is O=C(NCCc1nc(-c2ccccc2Cl)no1)C1CCCO1. The molecule has 116 valence electrons. The van der Waals surface area contributed by atoms with Crippen LogP contribution < -0.4 is 5.32 Å². The summed E-state index contributed by atoms with van der Waals surface area (Å²) in [5, 5.41) is 7.30. The van der Waals surface area contributed by atoms with Crippen molar-refractivity contribution in [3.63, 3.8) is 0 Å². The molecule has 7 heteroatoms. The molecule has 1 aliphatic heterocycles. The van der Waals surface area contributed by atoms with E-state index in [1.807, 2.05) is 18.2 Å². The van der Waals surface area contributed by atoms with Crippen LogP contribution in [-0.4, -0.2) is 35.3 Å². The summed E-state index contributed by atoms with van der Waals surface area (Å²) < 4.78 is 10.5. The van der Waals surface area contributed by atoms with Gasteiger partial charge in [-0.2, -0.15) is 4.98 Å². The van der Waals surface area contributed by atoms with Gasteiger partial charge in [-0.25, -0.2) is 0 Å². The van der Waals surface area contributed by atoms with Crippen molar-refractivity contribution in [3.8, 4) is 11.4 Å². The summed E-state index contributed by atoms with van der Waals surface area (Å²) in [7, 11) is 0. The van der Waals surface area contributed by atoms with Crippen LogP contribution in [0, 0.1) is 0 Å². The van der Waals surface area contributed by atoms with Crippen LogP contribution >= 0.6 is 11.6 Å². The molecule has 1 fully saturated rings. The molecule has 1 saturated heterocycles. The van der Waals surface area contributed by atoms with E-state index in [4.69, 9.17) is 20.9 Å². The number of carbonyl (C=O) groups is 1. The van der Waals surface area contributed by atoms with Gasteiger partial charge in [-0.3, -0.25) is 4.79 Å². The van der Waals surface area contributed by atoms with Gasteiger partial charge in [-0.15, -0.1) is 0 Å². The standard InChI is InChI=1S/C15H16ClN3O3/c16-11-5-2-1-4-10(11)14-18-13(22-19-14)7-8-17-15(20)12-6-3-9-21-12/h1-2,4-5,12H,3,6-9H2,(H,17,20). The minimum Gasteiger partial charge on any atom is -0.368 e. The molecule has 6 nitrogen and oxygen atoms in total. The number of ether oxygens (including phenoxy) is 1. The molecule has 0 spiro atoms. The molecule has 22 heavy (non-hydrogen) atoms. The van der Waals surface area contributed by atoms with Gasteiger partial charge in [0.2, 0.25) is 17.6 Å². The van der Waals surface area contributed by atoms with Crippen LogP contribution in [-0.2, 0) is 16.0 Å². The van der Waals surface area contributed by atoms with Crippen LogP contribution in [0.2, 0.25) is 5.02 Å². The van der Waals surface area contributed by atoms with Crippen molar-refractivity contribution in [2.24, 2.45) is 0 Å². The molecule has 1 unspecified atom stereocenters. The van der Waals surface area contributed by atoms with Crippen LogP contribution in [0.25, 0.3) is 11.4 Å². The molecular weight excluding hydrogens is 306 g/mol. The molecule has 1 aromatic heterocycles. The van der Waals surface area contributed by atoms with Crippen LogP contribution in [0.5, 0.6) is 0 Å². The molecule has 1 atom stereocenters. The Balaban J connectivity index is 1.54. The number of amides is 1. The van der Waals surface area contributed by atoms with Crippen LogP contribution in [0.3, 0.4) is 0 Å². The molecule has 2 aromatic rings. The second-order valence-corrected chi connectivity index (χ2v) is 5.44. The second-order valence-electron chi connectivity index (χ2n) is 5.03. The van der Waals surface area contributed by atoms with E-state index in [0.717, 1.165) is 18.4 Å². The van der Waals surface area contributed by atoms with Crippen molar-refractivity contribution >= 4 is 17.5 Å². The fraction of sp³-hybridized carbons (Fsp3) is 0.400. The Bertz CT molecular complexity index is 653. The first-order valence-electron chi connectivity index (χ1n) is 7.21. The van der Waals surface area contributed by atoms with E-state index >= 15 is 0 Å². The molecule has 1 aliphatic rings. The van der Waals surface area contributed by atoms with Gasteiger partial charge in [0.05, 0.1) is 5.02 Å². The number of nitrogens with zero attached hydrogens (tertiary/aromatic N) is 2. The highest BCUT2D eigenvalue weighted by atomic mass is 35.5. The molecule has 1 N–H and O–H groups in total. The van der Waals surface area contributed by atoms with Gasteiger partial charge in [0.1, 0.15) is 6.10 Å². The lowest BCUT2D eigenvalue weighted by molar-refractivity contribution is -0.130. The number of hydrogen-bond donors (Lipinski definition) is 1. The van der Waals surface area contributed by atoms with E-state index in [2.05, 4.69) is 15.5 Å². The zero-order valence-electron chi connectivity index (χ0n) is 11.9. The van der Waals surface area contributed by atoms with Crippen molar-refractivity contribution in [1.82, 2.24) is 15.5 Å². The Morgan fingerprint density at radius 3 is 3.05 bits per heavy atom. The first kappa shape index (κ1) is 15.0. The van der Waals surface area contributed by atoms with Crippen molar-refractivity contribution in [2.75, 3.05) is 13.2 Å².